The minimum atomic E-state index is -0.644. The number of hydrogen-bond acceptors (Lipinski definition) is 5. The minimum Gasteiger partial charge on any atom is -0.369 e. The fourth-order valence-corrected chi connectivity index (χ4v) is 3.35. The lowest BCUT2D eigenvalue weighted by atomic mass is 9.91. The third-order valence-electron chi connectivity index (χ3n) is 5.16. The van der Waals surface area contributed by atoms with E-state index in [1.54, 1.807) is 6.92 Å². The van der Waals surface area contributed by atoms with Crippen LogP contribution in [0.2, 0.25) is 0 Å². The Labute approximate surface area is 194 Å². The second-order valence-electron chi connectivity index (χ2n) is 7.71. The molecule has 3 amide bonds. The Morgan fingerprint density at radius 3 is 2.13 bits per heavy atom. The summed E-state index contributed by atoms with van der Waals surface area (Å²) in [6, 6.07) is -0.644. The van der Waals surface area contributed by atoms with Crippen molar-refractivity contribution >= 4 is 45.2 Å². The standard InChI is InChI=1S/C22H38BrN3O5/c1-3-17(27)11-6-5-7-12-18(26-20(29)4-2)19(28)14-16(22(24)31)10-8-9-13-25-21(30)15-23/h16,18H,3-15H2,1-2H3,(H2,24,31)(H,25,30)(H,26,29). The highest BCUT2D eigenvalue weighted by molar-refractivity contribution is 9.09. The van der Waals surface area contributed by atoms with Gasteiger partial charge in [-0.1, -0.05) is 49.0 Å². The number of amides is 3. The number of primary amides is 1. The molecule has 0 radical (unpaired) electrons. The Balaban J connectivity index is 4.63. The van der Waals surface area contributed by atoms with Gasteiger partial charge in [0.25, 0.3) is 0 Å². The van der Waals surface area contributed by atoms with E-state index in [0.717, 1.165) is 12.8 Å². The van der Waals surface area contributed by atoms with Crippen molar-refractivity contribution in [3.05, 3.63) is 0 Å². The van der Waals surface area contributed by atoms with Crippen LogP contribution in [0.3, 0.4) is 0 Å². The molecule has 0 rings (SSSR count). The summed E-state index contributed by atoms with van der Waals surface area (Å²) in [7, 11) is 0. The second-order valence-corrected chi connectivity index (χ2v) is 8.28. The second kappa shape index (κ2) is 17.9. The van der Waals surface area contributed by atoms with E-state index in [9.17, 15) is 24.0 Å². The van der Waals surface area contributed by atoms with Gasteiger partial charge in [0.05, 0.1) is 11.4 Å². The number of carbonyl (C=O) groups excluding carboxylic acids is 5. The van der Waals surface area contributed by atoms with Crippen molar-refractivity contribution < 1.29 is 24.0 Å². The van der Waals surface area contributed by atoms with Gasteiger partial charge < -0.3 is 16.4 Å². The maximum Gasteiger partial charge on any atom is 0.230 e. The Morgan fingerprint density at radius 1 is 0.871 bits per heavy atom. The molecule has 0 saturated carbocycles. The van der Waals surface area contributed by atoms with E-state index >= 15 is 0 Å². The number of halogens is 1. The van der Waals surface area contributed by atoms with Crippen LogP contribution in [-0.2, 0) is 24.0 Å². The summed E-state index contributed by atoms with van der Waals surface area (Å²) in [6.45, 7) is 4.05. The monoisotopic (exact) mass is 503 g/mol. The van der Waals surface area contributed by atoms with Crippen LogP contribution in [0.5, 0.6) is 0 Å². The molecule has 0 heterocycles. The zero-order valence-electron chi connectivity index (χ0n) is 18.8. The van der Waals surface area contributed by atoms with Crippen molar-refractivity contribution in [2.45, 2.75) is 90.5 Å². The number of nitrogens with one attached hydrogen (secondary N) is 2. The van der Waals surface area contributed by atoms with Crippen molar-refractivity contribution in [1.29, 1.82) is 0 Å². The third-order valence-corrected chi connectivity index (χ3v) is 5.67. The lowest BCUT2D eigenvalue weighted by Gasteiger charge is -2.20. The molecule has 178 valence electrons. The Bertz CT molecular complexity index is 598. The molecule has 2 unspecified atom stereocenters. The summed E-state index contributed by atoms with van der Waals surface area (Å²) < 4.78 is 0. The average molecular weight is 504 g/mol. The molecular formula is C22H38BrN3O5. The first-order chi connectivity index (χ1) is 14.7. The van der Waals surface area contributed by atoms with Crippen LogP contribution >= 0.6 is 15.9 Å². The Morgan fingerprint density at radius 2 is 1.55 bits per heavy atom. The topological polar surface area (TPSA) is 135 Å². The van der Waals surface area contributed by atoms with Crippen LogP contribution in [-0.4, -0.2) is 47.2 Å². The number of carbonyl (C=O) groups is 5. The number of nitrogens with two attached hydrogens (primary N) is 1. The van der Waals surface area contributed by atoms with Gasteiger partial charge in [0.2, 0.25) is 17.7 Å². The van der Waals surface area contributed by atoms with E-state index in [4.69, 9.17) is 5.73 Å². The van der Waals surface area contributed by atoms with Gasteiger partial charge in [0.1, 0.15) is 5.78 Å². The summed E-state index contributed by atoms with van der Waals surface area (Å²) in [5.74, 6) is -1.40. The molecule has 0 aliphatic carbocycles. The summed E-state index contributed by atoms with van der Waals surface area (Å²) in [5, 5.41) is 5.73. The molecule has 0 saturated heterocycles. The molecular weight excluding hydrogens is 466 g/mol. The number of rotatable bonds is 19. The van der Waals surface area contributed by atoms with Crippen LogP contribution in [0.15, 0.2) is 0 Å². The number of alkyl halides is 1. The molecule has 0 aromatic rings. The molecule has 4 N–H and O–H groups in total. The first-order valence-corrected chi connectivity index (χ1v) is 12.3. The zero-order valence-corrected chi connectivity index (χ0v) is 20.4. The van der Waals surface area contributed by atoms with Gasteiger partial charge in [0, 0.05) is 38.1 Å². The van der Waals surface area contributed by atoms with Crippen molar-refractivity contribution in [1.82, 2.24) is 10.6 Å². The lowest BCUT2D eigenvalue weighted by molar-refractivity contribution is -0.130. The normalized spacial score (nSPS) is 12.6. The van der Waals surface area contributed by atoms with Crippen LogP contribution in [0.4, 0.5) is 0 Å². The molecule has 0 aliphatic heterocycles. The van der Waals surface area contributed by atoms with Gasteiger partial charge in [-0.2, -0.15) is 0 Å². The smallest absolute Gasteiger partial charge is 0.230 e. The van der Waals surface area contributed by atoms with Crippen molar-refractivity contribution in [2.75, 3.05) is 11.9 Å². The number of ketones is 2. The van der Waals surface area contributed by atoms with Crippen LogP contribution in [0.25, 0.3) is 0 Å². The fraction of sp³-hybridized carbons (Fsp3) is 0.773. The van der Waals surface area contributed by atoms with E-state index in [-0.39, 0.29) is 41.6 Å². The summed E-state index contributed by atoms with van der Waals surface area (Å²) in [4.78, 5) is 59.1. The predicted octanol–water partition coefficient (Wildman–Crippen LogP) is 2.55. The molecule has 8 nitrogen and oxygen atoms in total. The maximum absolute atomic E-state index is 12.8. The van der Waals surface area contributed by atoms with E-state index in [2.05, 4.69) is 26.6 Å². The first kappa shape index (κ1) is 29.2. The molecule has 0 fully saturated rings. The van der Waals surface area contributed by atoms with E-state index in [1.807, 2.05) is 6.92 Å². The Kier molecular flexibility index (Phi) is 16.8. The fourth-order valence-electron chi connectivity index (χ4n) is 3.16. The molecule has 0 aromatic carbocycles. The molecule has 0 aliphatic rings. The van der Waals surface area contributed by atoms with E-state index < -0.39 is 17.9 Å². The van der Waals surface area contributed by atoms with Crippen molar-refractivity contribution in [3.8, 4) is 0 Å². The molecule has 31 heavy (non-hydrogen) atoms. The lowest BCUT2D eigenvalue weighted by Crippen LogP contribution is -2.42. The quantitative estimate of drug-likeness (QED) is 0.184. The predicted molar refractivity (Wildman–Crippen MR) is 124 cm³/mol. The summed E-state index contributed by atoms with van der Waals surface area (Å²) in [6.07, 6.45) is 5.90. The molecule has 9 heteroatoms. The molecule has 2 atom stereocenters. The highest BCUT2D eigenvalue weighted by Gasteiger charge is 2.25. The average Bonchev–Trinajstić information content (AvgIpc) is 2.75. The van der Waals surface area contributed by atoms with Crippen molar-refractivity contribution in [3.63, 3.8) is 0 Å². The molecule has 0 aromatic heterocycles. The summed E-state index contributed by atoms with van der Waals surface area (Å²) in [5.41, 5.74) is 5.49. The third kappa shape index (κ3) is 14.8. The van der Waals surface area contributed by atoms with Gasteiger partial charge in [0.15, 0.2) is 5.78 Å². The van der Waals surface area contributed by atoms with Crippen LogP contribution < -0.4 is 16.4 Å². The maximum atomic E-state index is 12.8. The van der Waals surface area contributed by atoms with Gasteiger partial charge in [-0.3, -0.25) is 24.0 Å². The van der Waals surface area contributed by atoms with Gasteiger partial charge in [-0.15, -0.1) is 0 Å². The van der Waals surface area contributed by atoms with Crippen molar-refractivity contribution in [2.24, 2.45) is 11.7 Å². The highest BCUT2D eigenvalue weighted by atomic mass is 79.9. The van der Waals surface area contributed by atoms with Gasteiger partial charge in [-0.05, 0) is 25.7 Å². The number of Topliss-reactive ketones (excluding diaryl/α,β-unsaturated/α-hetero) is 2. The molecule has 0 spiro atoms. The first-order valence-electron chi connectivity index (χ1n) is 11.2. The van der Waals surface area contributed by atoms with Crippen LogP contribution in [0, 0.1) is 5.92 Å². The highest BCUT2D eigenvalue weighted by Crippen LogP contribution is 2.17. The Hall–Kier alpha value is -1.77. The van der Waals surface area contributed by atoms with Crippen LogP contribution in [0.1, 0.15) is 84.5 Å². The molecule has 0 bridgehead atoms. The number of unbranched alkanes of at least 4 members (excludes halogenated alkanes) is 3. The van der Waals surface area contributed by atoms with Gasteiger partial charge >= 0.3 is 0 Å². The van der Waals surface area contributed by atoms with Gasteiger partial charge in [-0.25, -0.2) is 0 Å². The largest absolute Gasteiger partial charge is 0.369 e. The minimum absolute atomic E-state index is 0.00786. The zero-order chi connectivity index (χ0) is 23.6. The van der Waals surface area contributed by atoms with E-state index in [1.165, 1.54) is 0 Å². The SMILES string of the molecule is CCC(=O)CCCCCC(NC(=O)CC)C(=O)CC(CCCCNC(=O)CBr)C(N)=O. The van der Waals surface area contributed by atoms with E-state index in [0.29, 0.717) is 51.5 Å². The summed E-state index contributed by atoms with van der Waals surface area (Å²) >= 11 is 3.07. The number of hydrogen-bond donors (Lipinski definition) is 3.